The normalized spacial score (nSPS) is 15.3. The van der Waals surface area contributed by atoms with Crippen LogP contribution in [0.15, 0.2) is 60.0 Å². The van der Waals surface area contributed by atoms with Crippen LogP contribution in [0.4, 0.5) is 0 Å². The number of halogens is 2. The maximum atomic E-state index is 12.9. The molecule has 1 aliphatic heterocycles. The molecule has 0 radical (unpaired) electrons. The van der Waals surface area contributed by atoms with Gasteiger partial charge in [0.05, 0.1) is 10.7 Å². The van der Waals surface area contributed by atoms with E-state index in [4.69, 9.17) is 23.2 Å². The quantitative estimate of drug-likeness (QED) is 0.590. The first-order chi connectivity index (χ1) is 14.4. The molecule has 0 saturated carbocycles. The van der Waals surface area contributed by atoms with Crippen LogP contribution >= 0.6 is 23.2 Å². The van der Waals surface area contributed by atoms with E-state index in [-0.39, 0.29) is 42.0 Å². The van der Waals surface area contributed by atoms with Crippen molar-refractivity contribution in [2.24, 2.45) is 0 Å². The van der Waals surface area contributed by atoms with Crippen molar-refractivity contribution in [1.82, 2.24) is 24.0 Å². The molecule has 1 aliphatic rings. The highest BCUT2D eigenvalue weighted by molar-refractivity contribution is 7.89. The Labute approximate surface area is 183 Å². The van der Waals surface area contributed by atoms with Crippen LogP contribution < -0.4 is 0 Å². The highest BCUT2D eigenvalue weighted by Gasteiger charge is 2.32. The van der Waals surface area contributed by atoms with Gasteiger partial charge in [0.1, 0.15) is 17.6 Å². The summed E-state index contributed by atoms with van der Waals surface area (Å²) in [5.74, 6) is -0.155. The molecule has 2 heterocycles. The van der Waals surface area contributed by atoms with Gasteiger partial charge in [-0.3, -0.25) is 4.79 Å². The number of sulfonamides is 1. The molecular formula is C19H17Cl2N5O3S. The number of nitrogens with zero attached hydrogens (tertiary/aromatic N) is 5. The Morgan fingerprint density at radius 1 is 0.967 bits per heavy atom. The van der Waals surface area contributed by atoms with Gasteiger partial charge in [0.15, 0.2) is 0 Å². The van der Waals surface area contributed by atoms with Crippen molar-refractivity contribution < 1.29 is 13.2 Å². The average Bonchev–Trinajstić information content (AvgIpc) is 3.30. The maximum Gasteiger partial charge on any atom is 0.253 e. The second-order valence-corrected chi connectivity index (χ2v) is 9.41. The van der Waals surface area contributed by atoms with Crippen LogP contribution in [-0.4, -0.2) is 64.5 Å². The fourth-order valence-corrected chi connectivity index (χ4v) is 5.39. The van der Waals surface area contributed by atoms with Gasteiger partial charge in [-0.2, -0.15) is 9.40 Å². The number of carbonyl (C=O) groups is 1. The second kappa shape index (κ2) is 8.35. The fourth-order valence-electron chi connectivity index (χ4n) is 3.23. The molecule has 4 rings (SSSR count). The van der Waals surface area contributed by atoms with Gasteiger partial charge in [-0.05, 0) is 42.5 Å². The SMILES string of the molecule is O=C(c1ccc(-n2cncn2)cc1)N1CCN(S(=O)(=O)c2cc(Cl)ccc2Cl)CC1. The summed E-state index contributed by atoms with van der Waals surface area (Å²) < 4.78 is 28.8. The predicted molar refractivity (Wildman–Crippen MR) is 112 cm³/mol. The molecule has 0 unspecified atom stereocenters. The molecule has 1 amide bonds. The molecule has 156 valence electrons. The summed E-state index contributed by atoms with van der Waals surface area (Å²) in [6.45, 7) is 0.907. The van der Waals surface area contributed by atoms with Gasteiger partial charge in [-0.25, -0.2) is 18.1 Å². The minimum Gasteiger partial charge on any atom is -0.336 e. The van der Waals surface area contributed by atoms with Gasteiger partial charge in [0.2, 0.25) is 10.0 Å². The van der Waals surface area contributed by atoms with E-state index in [9.17, 15) is 13.2 Å². The highest BCUT2D eigenvalue weighted by atomic mass is 35.5. The standard InChI is InChI=1S/C19H17Cl2N5O3S/c20-15-3-6-17(21)18(11-15)30(28,29)25-9-7-24(8-10-25)19(27)14-1-4-16(5-2-14)26-13-22-12-23-26/h1-6,11-13H,7-10H2. The third-order valence-corrected chi connectivity index (χ3v) is 7.45. The van der Waals surface area contributed by atoms with Crippen LogP contribution in [0.5, 0.6) is 0 Å². The average molecular weight is 466 g/mol. The highest BCUT2D eigenvalue weighted by Crippen LogP contribution is 2.28. The van der Waals surface area contributed by atoms with Crippen molar-refractivity contribution >= 4 is 39.1 Å². The number of carbonyl (C=O) groups excluding carboxylic acids is 1. The molecule has 0 N–H and O–H groups in total. The Morgan fingerprint density at radius 2 is 1.67 bits per heavy atom. The van der Waals surface area contributed by atoms with Gasteiger partial charge in [0, 0.05) is 36.8 Å². The summed E-state index contributed by atoms with van der Waals surface area (Å²) >= 11 is 12.0. The predicted octanol–water partition coefficient (Wildman–Crippen LogP) is 2.72. The Morgan fingerprint density at radius 3 is 2.30 bits per heavy atom. The lowest BCUT2D eigenvalue weighted by atomic mass is 10.1. The minimum absolute atomic E-state index is 0.0276. The monoisotopic (exact) mass is 465 g/mol. The molecule has 2 aromatic carbocycles. The lowest BCUT2D eigenvalue weighted by Crippen LogP contribution is -2.50. The molecule has 0 spiro atoms. The first-order valence-corrected chi connectivity index (χ1v) is 11.3. The number of hydrogen-bond donors (Lipinski definition) is 0. The Hall–Kier alpha value is -2.46. The van der Waals surface area contributed by atoms with Crippen LogP contribution in [0.3, 0.4) is 0 Å². The van der Waals surface area contributed by atoms with Crippen molar-refractivity contribution in [2.75, 3.05) is 26.2 Å². The van der Waals surface area contributed by atoms with E-state index in [0.717, 1.165) is 5.69 Å². The molecule has 3 aromatic rings. The number of rotatable bonds is 4. The first-order valence-electron chi connectivity index (χ1n) is 9.06. The summed E-state index contributed by atoms with van der Waals surface area (Å²) in [5.41, 5.74) is 1.31. The molecular weight excluding hydrogens is 449 g/mol. The maximum absolute atomic E-state index is 12.9. The van der Waals surface area contributed by atoms with E-state index in [1.54, 1.807) is 40.2 Å². The number of amides is 1. The molecule has 1 saturated heterocycles. The van der Waals surface area contributed by atoms with Crippen molar-refractivity contribution in [3.63, 3.8) is 0 Å². The van der Waals surface area contributed by atoms with Gasteiger partial charge in [-0.15, -0.1) is 0 Å². The zero-order valence-electron chi connectivity index (χ0n) is 15.6. The summed E-state index contributed by atoms with van der Waals surface area (Å²) in [5, 5.41) is 4.46. The lowest BCUT2D eigenvalue weighted by Gasteiger charge is -2.34. The number of benzene rings is 2. The molecule has 30 heavy (non-hydrogen) atoms. The van der Waals surface area contributed by atoms with Crippen molar-refractivity contribution in [3.05, 3.63) is 70.7 Å². The van der Waals surface area contributed by atoms with Crippen LogP contribution in [0.2, 0.25) is 10.0 Å². The molecule has 8 nitrogen and oxygen atoms in total. The van der Waals surface area contributed by atoms with Gasteiger partial charge >= 0.3 is 0 Å². The number of aromatic nitrogens is 3. The number of piperazine rings is 1. The first kappa shape index (κ1) is 20.8. The zero-order chi connectivity index (χ0) is 21.3. The minimum atomic E-state index is -3.80. The summed E-state index contributed by atoms with van der Waals surface area (Å²) in [6, 6.07) is 11.3. The van der Waals surface area contributed by atoms with Crippen LogP contribution in [0, 0.1) is 0 Å². The third-order valence-electron chi connectivity index (χ3n) is 4.83. The van der Waals surface area contributed by atoms with Crippen LogP contribution in [0.25, 0.3) is 5.69 Å². The van der Waals surface area contributed by atoms with E-state index >= 15 is 0 Å². The van der Waals surface area contributed by atoms with Crippen molar-refractivity contribution in [3.8, 4) is 5.69 Å². The molecule has 0 atom stereocenters. The fraction of sp³-hybridized carbons (Fsp3) is 0.211. The molecule has 1 aromatic heterocycles. The van der Waals surface area contributed by atoms with Gasteiger partial charge < -0.3 is 4.90 Å². The Balaban J connectivity index is 1.44. The second-order valence-electron chi connectivity index (χ2n) is 6.66. The van der Waals surface area contributed by atoms with E-state index < -0.39 is 10.0 Å². The molecule has 11 heteroatoms. The Kier molecular flexibility index (Phi) is 5.79. The van der Waals surface area contributed by atoms with E-state index in [1.165, 1.54) is 28.8 Å². The molecule has 0 bridgehead atoms. The summed E-state index contributed by atoms with van der Waals surface area (Å²) in [4.78, 5) is 18.3. The Bertz CT molecular complexity index is 1160. The summed E-state index contributed by atoms with van der Waals surface area (Å²) in [7, 11) is -3.80. The van der Waals surface area contributed by atoms with Crippen molar-refractivity contribution in [1.29, 1.82) is 0 Å². The topological polar surface area (TPSA) is 88.4 Å². The van der Waals surface area contributed by atoms with Crippen molar-refractivity contribution in [2.45, 2.75) is 4.90 Å². The van der Waals surface area contributed by atoms with Crippen LogP contribution in [0.1, 0.15) is 10.4 Å². The van der Waals surface area contributed by atoms with E-state index in [1.807, 2.05) is 0 Å². The smallest absolute Gasteiger partial charge is 0.253 e. The lowest BCUT2D eigenvalue weighted by molar-refractivity contribution is 0.0698. The number of hydrogen-bond acceptors (Lipinski definition) is 5. The van der Waals surface area contributed by atoms with E-state index in [2.05, 4.69) is 10.1 Å². The largest absolute Gasteiger partial charge is 0.336 e. The molecule has 1 fully saturated rings. The van der Waals surface area contributed by atoms with E-state index in [0.29, 0.717) is 10.6 Å². The zero-order valence-corrected chi connectivity index (χ0v) is 18.0. The van der Waals surface area contributed by atoms with Gasteiger partial charge in [0.25, 0.3) is 5.91 Å². The van der Waals surface area contributed by atoms with Crippen LogP contribution in [-0.2, 0) is 10.0 Å². The third kappa shape index (κ3) is 4.06. The summed E-state index contributed by atoms with van der Waals surface area (Å²) in [6.07, 6.45) is 3.01. The van der Waals surface area contributed by atoms with Gasteiger partial charge in [-0.1, -0.05) is 23.2 Å². The molecule has 0 aliphatic carbocycles.